The van der Waals surface area contributed by atoms with Crippen molar-refractivity contribution in [2.45, 2.75) is 26.2 Å². The van der Waals surface area contributed by atoms with Gasteiger partial charge in [-0.25, -0.2) is 0 Å². The third kappa shape index (κ3) is 3.63. The number of aryl methyl sites for hydroxylation is 1. The van der Waals surface area contributed by atoms with Gasteiger partial charge in [-0.05, 0) is 71.6 Å². The normalized spacial score (nSPS) is 13.7. The molecule has 0 N–H and O–H groups in total. The highest BCUT2D eigenvalue weighted by Crippen LogP contribution is 2.52. The maximum absolute atomic E-state index is 4.61. The summed E-state index contributed by atoms with van der Waals surface area (Å²) in [5.74, 6) is 0. The van der Waals surface area contributed by atoms with Gasteiger partial charge in [0.1, 0.15) is 0 Å². The van der Waals surface area contributed by atoms with Crippen LogP contribution in [0.5, 0.6) is 0 Å². The Morgan fingerprint density at radius 2 is 1.23 bits per heavy atom. The Labute approximate surface area is 207 Å². The summed E-state index contributed by atoms with van der Waals surface area (Å²) in [7, 11) is 0. The molecule has 5 aromatic rings. The standard InChI is InChI=1S/C33H28N2/c1-23-12-18-31-28(21-23)33(2,3)29-22-26(30-11-7-8-20-34-30)15-19-32(29)35(31)27-16-13-25(14-17-27)24-9-5-4-6-10-24/h4-22H,1-3H3. The zero-order chi connectivity index (χ0) is 24.0. The highest BCUT2D eigenvalue weighted by Gasteiger charge is 2.37. The second kappa shape index (κ2) is 8.25. The average Bonchev–Trinajstić information content (AvgIpc) is 2.90. The number of pyridine rings is 1. The van der Waals surface area contributed by atoms with E-state index in [2.05, 4.69) is 128 Å². The molecule has 0 saturated heterocycles. The summed E-state index contributed by atoms with van der Waals surface area (Å²) in [6.07, 6.45) is 1.86. The van der Waals surface area contributed by atoms with Crippen molar-refractivity contribution in [3.63, 3.8) is 0 Å². The number of benzene rings is 4. The van der Waals surface area contributed by atoms with Crippen molar-refractivity contribution in [2.75, 3.05) is 4.90 Å². The van der Waals surface area contributed by atoms with Gasteiger partial charge in [-0.15, -0.1) is 0 Å². The minimum absolute atomic E-state index is 0.137. The summed E-state index contributed by atoms with van der Waals surface area (Å²) < 4.78 is 0. The van der Waals surface area contributed by atoms with Gasteiger partial charge in [0, 0.05) is 22.9 Å². The van der Waals surface area contributed by atoms with Gasteiger partial charge in [0.25, 0.3) is 0 Å². The van der Waals surface area contributed by atoms with Crippen LogP contribution in [-0.2, 0) is 5.41 Å². The van der Waals surface area contributed by atoms with Gasteiger partial charge in [0.2, 0.25) is 0 Å². The van der Waals surface area contributed by atoms with Crippen molar-refractivity contribution in [1.29, 1.82) is 0 Å². The molecule has 2 nitrogen and oxygen atoms in total. The van der Waals surface area contributed by atoms with Crippen molar-refractivity contribution in [1.82, 2.24) is 4.98 Å². The molecule has 0 fully saturated rings. The van der Waals surface area contributed by atoms with E-state index in [1.54, 1.807) is 0 Å². The van der Waals surface area contributed by atoms with Gasteiger partial charge in [-0.3, -0.25) is 4.98 Å². The van der Waals surface area contributed by atoms with Crippen LogP contribution in [0.1, 0.15) is 30.5 Å². The Morgan fingerprint density at radius 3 is 1.94 bits per heavy atom. The number of anilines is 3. The number of nitrogens with zero attached hydrogens (tertiary/aromatic N) is 2. The van der Waals surface area contributed by atoms with Gasteiger partial charge in [0.05, 0.1) is 17.1 Å². The first-order valence-corrected chi connectivity index (χ1v) is 12.1. The van der Waals surface area contributed by atoms with Crippen LogP contribution in [0, 0.1) is 6.92 Å². The Hall–Kier alpha value is -4.17. The van der Waals surface area contributed by atoms with E-state index in [0.717, 1.165) is 16.9 Å². The fourth-order valence-corrected chi connectivity index (χ4v) is 5.26. The number of hydrogen-bond acceptors (Lipinski definition) is 2. The van der Waals surface area contributed by atoms with Crippen LogP contribution in [0.15, 0.2) is 115 Å². The fraction of sp³-hybridized carbons (Fsp3) is 0.121. The van der Waals surface area contributed by atoms with Gasteiger partial charge < -0.3 is 4.90 Å². The third-order valence-electron chi connectivity index (χ3n) is 7.17. The second-order valence-electron chi connectivity index (χ2n) is 9.84. The molecule has 0 aliphatic carbocycles. The SMILES string of the molecule is Cc1ccc2c(c1)C(C)(C)c1cc(-c3ccccn3)ccc1N2c1ccc(-c2ccccc2)cc1. The van der Waals surface area contributed by atoms with E-state index in [1.807, 2.05) is 18.3 Å². The molecule has 2 heterocycles. The molecule has 35 heavy (non-hydrogen) atoms. The zero-order valence-electron chi connectivity index (χ0n) is 20.4. The molecule has 4 aromatic carbocycles. The topological polar surface area (TPSA) is 16.1 Å². The van der Waals surface area contributed by atoms with E-state index in [4.69, 9.17) is 0 Å². The average molecular weight is 453 g/mol. The molecule has 1 aliphatic heterocycles. The molecule has 1 aliphatic rings. The summed E-state index contributed by atoms with van der Waals surface area (Å²) >= 11 is 0. The lowest BCUT2D eigenvalue weighted by molar-refractivity contribution is 0.631. The predicted molar refractivity (Wildman–Crippen MR) is 147 cm³/mol. The van der Waals surface area contributed by atoms with Crippen molar-refractivity contribution in [3.8, 4) is 22.4 Å². The predicted octanol–water partition coefficient (Wildman–Crippen LogP) is 8.83. The van der Waals surface area contributed by atoms with Crippen LogP contribution in [-0.4, -0.2) is 4.98 Å². The Balaban J connectivity index is 1.53. The monoisotopic (exact) mass is 452 g/mol. The lowest BCUT2D eigenvalue weighted by Crippen LogP contribution is -2.30. The van der Waals surface area contributed by atoms with E-state index in [0.29, 0.717) is 0 Å². The summed E-state index contributed by atoms with van der Waals surface area (Å²) in [5.41, 5.74) is 12.0. The summed E-state index contributed by atoms with van der Waals surface area (Å²) in [4.78, 5) is 7.02. The van der Waals surface area contributed by atoms with Crippen LogP contribution >= 0.6 is 0 Å². The molecule has 0 unspecified atom stereocenters. The lowest BCUT2D eigenvalue weighted by atomic mass is 9.72. The van der Waals surface area contributed by atoms with E-state index in [-0.39, 0.29) is 5.41 Å². The lowest BCUT2D eigenvalue weighted by Gasteiger charge is -2.42. The van der Waals surface area contributed by atoms with Crippen LogP contribution < -0.4 is 4.90 Å². The molecule has 0 atom stereocenters. The first-order chi connectivity index (χ1) is 17.0. The highest BCUT2D eigenvalue weighted by molar-refractivity contribution is 5.88. The molecular formula is C33H28N2. The largest absolute Gasteiger partial charge is 0.310 e. The van der Waals surface area contributed by atoms with Crippen molar-refractivity contribution < 1.29 is 0 Å². The second-order valence-corrected chi connectivity index (χ2v) is 9.84. The van der Waals surface area contributed by atoms with Gasteiger partial charge in [-0.1, -0.05) is 86.1 Å². The van der Waals surface area contributed by atoms with E-state index in [9.17, 15) is 0 Å². The summed E-state index contributed by atoms with van der Waals surface area (Å²) in [6.45, 7) is 6.85. The first kappa shape index (κ1) is 21.4. The maximum Gasteiger partial charge on any atom is 0.0702 e. The van der Waals surface area contributed by atoms with Crippen LogP contribution in [0.3, 0.4) is 0 Å². The number of hydrogen-bond donors (Lipinski definition) is 0. The molecule has 0 radical (unpaired) electrons. The molecule has 0 spiro atoms. The number of aromatic nitrogens is 1. The summed E-state index contributed by atoms with van der Waals surface area (Å²) in [5, 5.41) is 0. The molecule has 1 aromatic heterocycles. The molecule has 0 saturated carbocycles. The Morgan fingerprint density at radius 1 is 0.600 bits per heavy atom. The maximum atomic E-state index is 4.61. The van der Waals surface area contributed by atoms with Gasteiger partial charge in [-0.2, -0.15) is 0 Å². The number of rotatable bonds is 3. The number of fused-ring (bicyclic) bond motifs is 2. The van der Waals surface area contributed by atoms with Gasteiger partial charge in [0.15, 0.2) is 0 Å². The molecule has 170 valence electrons. The first-order valence-electron chi connectivity index (χ1n) is 12.1. The van der Waals surface area contributed by atoms with E-state index >= 15 is 0 Å². The molecule has 0 bridgehead atoms. The van der Waals surface area contributed by atoms with Crippen LogP contribution in [0.25, 0.3) is 22.4 Å². The minimum atomic E-state index is -0.137. The van der Waals surface area contributed by atoms with Crippen molar-refractivity contribution >= 4 is 17.1 Å². The van der Waals surface area contributed by atoms with Crippen molar-refractivity contribution in [3.05, 3.63) is 132 Å². The minimum Gasteiger partial charge on any atom is -0.310 e. The molecule has 6 rings (SSSR count). The van der Waals surface area contributed by atoms with Crippen molar-refractivity contribution in [2.24, 2.45) is 0 Å². The smallest absolute Gasteiger partial charge is 0.0702 e. The fourth-order valence-electron chi connectivity index (χ4n) is 5.26. The molecule has 2 heteroatoms. The molecule has 0 amide bonds. The van der Waals surface area contributed by atoms with Gasteiger partial charge >= 0.3 is 0 Å². The molecular weight excluding hydrogens is 424 g/mol. The van der Waals surface area contributed by atoms with Crippen LogP contribution in [0.4, 0.5) is 17.1 Å². The van der Waals surface area contributed by atoms with E-state index in [1.165, 1.54) is 39.2 Å². The Bertz CT molecular complexity index is 1500. The quantitative estimate of drug-likeness (QED) is 0.272. The Kier molecular flexibility index (Phi) is 5.04. The van der Waals surface area contributed by atoms with E-state index < -0.39 is 0 Å². The highest BCUT2D eigenvalue weighted by atomic mass is 15.2. The summed E-state index contributed by atoms with van der Waals surface area (Å²) in [6, 6.07) is 39.2. The zero-order valence-corrected chi connectivity index (χ0v) is 20.4. The van der Waals surface area contributed by atoms with Crippen LogP contribution in [0.2, 0.25) is 0 Å². The third-order valence-corrected chi connectivity index (χ3v) is 7.17.